The van der Waals surface area contributed by atoms with Gasteiger partial charge >= 0.3 is 0 Å². The summed E-state index contributed by atoms with van der Waals surface area (Å²) >= 11 is 0. The van der Waals surface area contributed by atoms with Gasteiger partial charge in [-0.2, -0.15) is 0 Å². The summed E-state index contributed by atoms with van der Waals surface area (Å²) in [6.07, 6.45) is 4.19. The number of amides is 1. The molecule has 1 amide bonds. The number of para-hydroxylation sites is 1. The van der Waals surface area contributed by atoms with Gasteiger partial charge in [0.25, 0.3) is 5.91 Å². The first kappa shape index (κ1) is 14.1. The number of aromatic amines is 1. The van der Waals surface area contributed by atoms with Gasteiger partial charge in [0, 0.05) is 12.4 Å². The van der Waals surface area contributed by atoms with Gasteiger partial charge in [-0.3, -0.25) is 4.79 Å². The summed E-state index contributed by atoms with van der Waals surface area (Å²) in [6, 6.07) is 7.10. The van der Waals surface area contributed by atoms with Crippen molar-refractivity contribution in [1.29, 1.82) is 0 Å². The third-order valence-corrected chi connectivity index (χ3v) is 2.99. The summed E-state index contributed by atoms with van der Waals surface area (Å²) in [5, 5.41) is 2.97. The van der Waals surface area contributed by atoms with Crippen LogP contribution in [0.15, 0.2) is 36.7 Å². The van der Waals surface area contributed by atoms with Crippen molar-refractivity contribution < 1.29 is 9.53 Å². The third kappa shape index (κ3) is 3.17. The van der Waals surface area contributed by atoms with Gasteiger partial charge < -0.3 is 15.0 Å². The predicted octanol–water partition coefficient (Wildman–Crippen LogP) is 2.69. The molecule has 2 rings (SSSR count). The first-order chi connectivity index (χ1) is 9.76. The van der Waals surface area contributed by atoms with Crippen LogP contribution in [0.2, 0.25) is 0 Å². The zero-order valence-corrected chi connectivity index (χ0v) is 11.7. The maximum atomic E-state index is 12.4. The van der Waals surface area contributed by atoms with Gasteiger partial charge in [-0.15, -0.1) is 0 Å². The summed E-state index contributed by atoms with van der Waals surface area (Å²) in [4.78, 5) is 19.6. The quantitative estimate of drug-likeness (QED) is 0.850. The van der Waals surface area contributed by atoms with E-state index >= 15 is 0 Å². The summed E-state index contributed by atoms with van der Waals surface area (Å²) in [7, 11) is 0. The van der Waals surface area contributed by atoms with Gasteiger partial charge in [0.15, 0.2) is 0 Å². The number of carbonyl (C=O) groups is 1. The Labute approximate surface area is 118 Å². The molecule has 5 nitrogen and oxygen atoms in total. The highest BCUT2D eigenvalue weighted by molar-refractivity contribution is 5.97. The molecule has 2 aromatic rings. The number of rotatable bonds is 6. The lowest BCUT2D eigenvalue weighted by Crippen LogP contribution is -2.29. The molecule has 1 heterocycles. The fourth-order valence-corrected chi connectivity index (χ4v) is 2.00. The van der Waals surface area contributed by atoms with Crippen molar-refractivity contribution >= 4 is 5.91 Å². The molecule has 106 valence electrons. The van der Waals surface area contributed by atoms with Crippen LogP contribution in [0, 0.1) is 0 Å². The van der Waals surface area contributed by atoms with Crippen LogP contribution in [0.5, 0.6) is 5.75 Å². The molecule has 2 N–H and O–H groups in total. The molecule has 0 spiro atoms. The first-order valence-electron chi connectivity index (χ1n) is 6.78. The van der Waals surface area contributed by atoms with E-state index in [2.05, 4.69) is 15.3 Å². The Bertz CT molecular complexity index is 552. The van der Waals surface area contributed by atoms with Crippen LogP contribution in [0.4, 0.5) is 0 Å². The molecule has 0 fully saturated rings. The number of nitrogens with one attached hydrogen (secondary N) is 2. The van der Waals surface area contributed by atoms with Crippen LogP contribution in [-0.2, 0) is 0 Å². The standard InChI is InChI=1S/C15H19N3O2/c1-3-12(14-16-9-10-17-14)18-15(19)11-7-5-6-8-13(11)20-4-2/h5-10,12H,3-4H2,1-2H3,(H,16,17)(H,18,19). The Morgan fingerprint density at radius 1 is 1.40 bits per heavy atom. The number of H-pyrrole nitrogens is 1. The highest BCUT2D eigenvalue weighted by Gasteiger charge is 2.18. The second kappa shape index (κ2) is 6.75. The topological polar surface area (TPSA) is 67.0 Å². The van der Waals surface area contributed by atoms with Gasteiger partial charge in [0.05, 0.1) is 18.2 Å². The molecule has 20 heavy (non-hydrogen) atoms. The number of benzene rings is 1. The van der Waals surface area contributed by atoms with Gasteiger partial charge in [-0.25, -0.2) is 4.98 Å². The highest BCUT2D eigenvalue weighted by Crippen LogP contribution is 2.20. The maximum absolute atomic E-state index is 12.4. The van der Waals surface area contributed by atoms with E-state index in [1.165, 1.54) is 0 Å². The average molecular weight is 273 g/mol. The minimum Gasteiger partial charge on any atom is -0.493 e. The Balaban J connectivity index is 2.15. The lowest BCUT2D eigenvalue weighted by atomic mass is 10.1. The monoisotopic (exact) mass is 273 g/mol. The van der Waals surface area contributed by atoms with Crippen molar-refractivity contribution in [2.75, 3.05) is 6.61 Å². The lowest BCUT2D eigenvalue weighted by molar-refractivity contribution is 0.0930. The smallest absolute Gasteiger partial charge is 0.255 e. The molecule has 0 saturated carbocycles. The molecule has 0 saturated heterocycles. The molecule has 1 unspecified atom stereocenters. The summed E-state index contributed by atoms with van der Waals surface area (Å²) < 4.78 is 5.48. The summed E-state index contributed by atoms with van der Waals surface area (Å²) in [6.45, 7) is 4.42. The number of ether oxygens (including phenoxy) is 1. The number of nitrogens with zero attached hydrogens (tertiary/aromatic N) is 1. The number of hydrogen-bond acceptors (Lipinski definition) is 3. The molecule has 0 aliphatic heterocycles. The first-order valence-corrected chi connectivity index (χ1v) is 6.78. The molecule has 1 atom stereocenters. The van der Waals surface area contributed by atoms with Crippen LogP contribution in [0.1, 0.15) is 42.5 Å². The Morgan fingerprint density at radius 2 is 2.20 bits per heavy atom. The molecule has 1 aromatic heterocycles. The van der Waals surface area contributed by atoms with Crippen molar-refractivity contribution in [3.8, 4) is 5.75 Å². The van der Waals surface area contributed by atoms with Crippen LogP contribution in [-0.4, -0.2) is 22.5 Å². The zero-order valence-electron chi connectivity index (χ0n) is 11.7. The van der Waals surface area contributed by atoms with E-state index in [1.807, 2.05) is 26.0 Å². The van der Waals surface area contributed by atoms with E-state index in [1.54, 1.807) is 24.5 Å². The maximum Gasteiger partial charge on any atom is 0.255 e. The van der Waals surface area contributed by atoms with E-state index in [9.17, 15) is 4.79 Å². The molecule has 0 bridgehead atoms. The fraction of sp³-hybridized carbons (Fsp3) is 0.333. The highest BCUT2D eigenvalue weighted by atomic mass is 16.5. The molecular formula is C15H19N3O2. The molecule has 1 aromatic carbocycles. The van der Waals surface area contributed by atoms with Crippen molar-refractivity contribution in [3.05, 3.63) is 48.0 Å². The van der Waals surface area contributed by atoms with E-state index in [0.717, 1.165) is 12.2 Å². The van der Waals surface area contributed by atoms with E-state index < -0.39 is 0 Å². The Morgan fingerprint density at radius 3 is 2.85 bits per heavy atom. The molecular weight excluding hydrogens is 254 g/mol. The Kier molecular flexibility index (Phi) is 4.76. The van der Waals surface area contributed by atoms with Gasteiger partial charge in [0.2, 0.25) is 0 Å². The minimum atomic E-state index is -0.155. The zero-order chi connectivity index (χ0) is 14.4. The number of carbonyl (C=O) groups excluding carboxylic acids is 1. The second-order valence-electron chi connectivity index (χ2n) is 4.34. The Hall–Kier alpha value is -2.30. The van der Waals surface area contributed by atoms with Crippen LogP contribution >= 0.6 is 0 Å². The van der Waals surface area contributed by atoms with E-state index in [0.29, 0.717) is 17.9 Å². The molecule has 0 radical (unpaired) electrons. The van der Waals surface area contributed by atoms with Crippen LogP contribution in [0.3, 0.4) is 0 Å². The number of imidazole rings is 1. The van der Waals surface area contributed by atoms with Crippen LogP contribution < -0.4 is 10.1 Å². The van der Waals surface area contributed by atoms with Crippen molar-refractivity contribution in [2.24, 2.45) is 0 Å². The third-order valence-electron chi connectivity index (χ3n) is 2.99. The number of aromatic nitrogens is 2. The largest absolute Gasteiger partial charge is 0.493 e. The lowest BCUT2D eigenvalue weighted by Gasteiger charge is -2.16. The average Bonchev–Trinajstić information content (AvgIpc) is 2.99. The summed E-state index contributed by atoms with van der Waals surface area (Å²) in [5.41, 5.74) is 0.541. The predicted molar refractivity (Wildman–Crippen MR) is 76.7 cm³/mol. The van der Waals surface area contributed by atoms with Crippen molar-refractivity contribution in [3.63, 3.8) is 0 Å². The van der Waals surface area contributed by atoms with Gasteiger partial charge in [0.1, 0.15) is 11.6 Å². The van der Waals surface area contributed by atoms with E-state index in [4.69, 9.17) is 4.74 Å². The molecule has 5 heteroatoms. The SMILES string of the molecule is CCOc1ccccc1C(=O)NC(CC)c1ncc[nH]1. The normalized spacial score (nSPS) is 11.9. The van der Waals surface area contributed by atoms with Gasteiger partial charge in [-0.1, -0.05) is 19.1 Å². The minimum absolute atomic E-state index is 0.132. The van der Waals surface area contributed by atoms with E-state index in [-0.39, 0.29) is 11.9 Å². The van der Waals surface area contributed by atoms with Crippen LogP contribution in [0.25, 0.3) is 0 Å². The van der Waals surface area contributed by atoms with Crippen molar-refractivity contribution in [1.82, 2.24) is 15.3 Å². The van der Waals surface area contributed by atoms with Crippen molar-refractivity contribution in [2.45, 2.75) is 26.3 Å². The fourth-order valence-electron chi connectivity index (χ4n) is 2.00. The second-order valence-corrected chi connectivity index (χ2v) is 4.34. The number of hydrogen-bond donors (Lipinski definition) is 2. The van der Waals surface area contributed by atoms with Gasteiger partial charge in [-0.05, 0) is 25.5 Å². The molecule has 0 aliphatic rings. The summed E-state index contributed by atoms with van der Waals surface area (Å²) in [5.74, 6) is 1.20. The molecule has 0 aliphatic carbocycles.